The van der Waals surface area contributed by atoms with E-state index in [1.54, 1.807) is 0 Å². The fourth-order valence-electron chi connectivity index (χ4n) is 2.42. The maximum Gasteiger partial charge on any atom is 0.221 e. The van der Waals surface area contributed by atoms with Crippen LogP contribution in [0, 0.1) is 17.8 Å². The Kier molecular flexibility index (Phi) is 5.64. The molecule has 0 fully saturated rings. The summed E-state index contributed by atoms with van der Waals surface area (Å²) < 4.78 is 0.683. The summed E-state index contributed by atoms with van der Waals surface area (Å²) in [5.41, 5.74) is 0. The number of hydrogen-bond donors (Lipinski definition) is 0. The van der Waals surface area contributed by atoms with Gasteiger partial charge in [-0.05, 0) is 11.8 Å². The Morgan fingerprint density at radius 2 is 1.15 bits per heavy atom. The van der Waals surface area contributed by atoms with Gasteiger partial charge in [-0.3, -0.25) is 0 Å². The van der Waals surface area contributed by atoms with E-state index in [4.69, 9.17) is 0 Å². The van der Waals surface area contributed by atoms with Crippen molar-refractivity contribution in [2.75, 3.05) is 0 Å². The van der Waals surface area contributed by atoms with Gasteiger partial charge in [0.1, 0.15) is 0 Å². The van der Waals surface area contributed by atoms with Gasteiger partial charge in [-0.1, -0.05) is 64.6 Å². The lowest BCUT2D eigenvalue weighted by molar-refractivity contribution is 0.289. The summed E-state index contributed by atoms with van der Waals surface area (Å²) >= 11 is 1.35. The molecule has 0 unspecified atom stereocenters. The van der Waals surface area contributed by atoms with Crippen molar-refractivity contribution in [3.05, 3.63) is 0 Å². The lowest BCUT2D eigenvalue weighted by Crippen LogP contribution is -2.24. The van der Waals surface area contributed by atoms with Crippen molar-refractivity contribution in [1.29, 1.82) is 0 Å². The minimum atomic E-state index is 0.683. The highest BCUT2D eigenvalue weighted by Crippen LogP contribution is 2.44. The lowest BCUT2D eigenvalue weighted by Gasteiger charge is -2.37. The summed E-state index contributed by atoms with van der Waals surface area (Å²) in [7, 11) is 0. The van der Waals surface area contributed by atoms with Crippen LogP contribution in [0.4, 0.5) is 0 Å². The molecule has 0 aliphatic carbocycles. The van der Waals surface area contributed by atoms with Crippen LogP contribution in [0.15, 0.2) is 0 Å². The minimum Gasteiger partial charge on any atom is -0.0770 e. The van der Waals surface area contributed by atoms with E-state index >= 15 is 0 Å². The third-order valence-corrected chi connectivity index (χ3v) is 5.11. The summed E-state index contributed by atoms with van der Waals surface area (Å²) in [6.45, 7) is 14.2. The summed E-state index contributed by atoms with van der Waals surface area (Å²) in [5, 5.41) is 0. The fraction of sp³-hybridized carbons (Fsp3) is 1.00. The van der Waals surface area contributed by atoms with Crippen molar-refractivity contribution in [1.82, 2.24) is 0 Å². The van der Waals surface area contributed by atoms with Gasteiger partial charge in [0.05, 0.1) is 0 Å². The summed E-state index contributed by atoms with van der Waals surface area (Å²) in [5.74, 6) is 2.58. The third-order valence-electron chi connectivity index (χ3n) is 3.14. The molecule has 0 nitrogen and oxygen atoms in total. The molecule has 0 saturated heterocycles. The lowest BCUT2D eigenvalue weighted by atomic mass is 9.80. The predicted molar refractivity (Wildman–Crippen MR) is 65.0 cm³/mol. The van der Waals surface area contributed by atoms with Crippen LogP contribution in [0.2, 0.25) is 4.28 Å². The number of rotatable bonds is 5. The Bertz CT molecular complexity index is 126. The molecule has 0 aromatic rings. The summed E-state index contributed by atoms with van der Waals surface area (Å²) in [6, 6.07) is 0. The zero-order valence-corrected chi connectivity index (χ0v) is 12.6. The summed E-state index contributed by atoms with van der Waals surface area (Å²) in [6.07, 6.45) is 2.85. The normalized spacial score (nSPS) is 13.3. The van der Waals surface area contributed by atoms with E-state index in [2.05, 4.69) is 41.5 Å². The highest BCUT2D eigenvalue weighted by atomic mass is 27.0. The maximum absolute atomic E-state index is 2.40. The average molecular weight is 198 g/mol. The van der Waals surface area contributed by atoms with Crippen LogP contribution in [0.5, 0.6) is 0 Å². The molecule has 13 heavy (non-hydrogen) atoms. The number of hydrogen-bond acceptors (Lipinski definition) is 0. The molecule has 0 aromatic heterocycles. The van der Waals surface area contributed by atoms with Gasteiger partial charge >= 0.3 is 0 Å². The van der Waals surface area contributed by atoms with E-state index < -0.39 is 0 Å². The van der Waals surface area contributed by atoms with E-state index in [-0.39, 0.29) is 0 Å². The van der Waals surface area contributed by atoms with Crippen molar-refractivity contribution < 1.29 is 0 Å². The molecule has 0 aliphatic heterocycles. The Hall–Kier alpha value is 0.532. The highest BCUT2D eigenvalue weighted by molar-refractivity contribution is 6.15. The second-order valence-electron chi connectivity index (χ2n) is 6.00. The van der Waals surface area contributed by atoms with Crippen molar-refractivity contribution >= 4 is 16.3 Å². The molecule has 0 saturated carbocycles. The van der Waals surface area contributed by atoms with Crippen LogP contribution in [0.3, 0.4) is 0 Å². The predicted octanol–water partition coefficient (Wildman–Crippen LogP) is 3.53. The van der Waals surface area contributed by atoms with Gasteiger partial charge in [-0.2, -0.15) is 0 Å². The first-order chi connectivity index (χ1) is 5.78. The molecule has 0 bridgehead atoms. The fourth-order valence-corrected chi connectivity index (χ4v) is 4.05. The molecule has 78 valence electrons. The van der Waals surface area contributed by atoms with Gasteiger partial charge in [0.2, 0.25) is 16.3 Å². The van der Waals surface area contributed by atoms with Crippen molar-refractivity contribution in [2.45, 2.75) is 58.7 Å². The third kappa shape index (κ3) is 5.09. The summed E-state index contributed by atoms with van der Waals surface area (Å²) in [4.78, 5) is 0. The smallest absolute Gasteiger partial charge is 0.0770 e. The van der Waals surface area contributed by atoms with E-state index in [1.165, 1.54) is 29.1 Å². The van der Waals surface area contributed by atoms with Crippen LogP contribution < -0.4 is 0 Å². The van der Waals surface area contributed by atoms with Gasteiger partial charge < -0.3 is 0 Å². The van der Waals surface area contributed by atoms with Crippen LogP contribution in [0.25, 0.3) is 0 Å². The van der Waals surface area contributed by atoms with Crippen LogP contribution >= 0.6 is 0 Å². The van der Waals surface area contributed by atoms with Crippen LogP contribution in [0.1, 0.15) is 54.4 Å². The zero-order chi connectivity index (χ0) is 10.6. The second kappa shape index (κ2) is 5.42. The van der Waals surface area contributed by atoms with Gasteiger partial charge in [0.25, 0.3) is 0 Å². The Labute approximate surface area is 92.9 Å². The van der Waals surface area contributed by atoms with Crippen LogP contribution in [-0.2, 0) is 0 Å². The van der Waals surface area contributed by atoms with E-state index in [0.717, 1.165) is 17.8 Å². The molecule has 0 heterocycles. The molecule has 0 spiro atoms. The molecular weight excluding hydrogens is 171 g/mol. The first-order valence-corrected chi connectivity index (χ1v) is 6.78. The van der Waals surface area contributed by atoms with E-state index in [9.17, 15) is 0 Å². The molecule has 0 amide bonds. The SMILES string of the molecule is CC(C)C[C]([AlH2])(CC(C)C)C(C)C. The molecular formula is C12H27Al. The van der Waals surface area contributed by atoms with Crippen molar-refractivity contribution in [2.24, 2.45) is 17.8 Å². The zero-order valence-electron chi connectivity index (χ0n) is 10.6. The topological polar surface area (TPSA) is 0 Å². The molecule has 0 radical (unpaired) electrons. The molecule has 0 rings (SSSR count). The van der Waals surface area contributed by atoms with Gasteiger partial charge in [0, 0.05) is 0 Å². The van der Waals surface area contributed by atoms with Gasteiger partial charge in [-0.25, -0.2) is 0 Å². The van der Waals surface area contributed by atoms with Gasteiger partial charge in [0.15, 0.2) is 0 Å². The monoisotopic (exact) mass is 198 g/mol. The highest BCUT2D eigenvalue weighted by Gasteiger charge is 2.29. The van der Waals surface area contributed by atoms with Crippen molar-refractivity contribution in [3.63, 3.8) is 0 Å². The molecule has 0 aromatic carbocycles. The minimum absolute atomic E-state index is 0.683. The van der Waals surface area contributed by atoms with E-state index in [1.807, 2.05) is 0 Å². The largest absolute Gasteiger partial charge is 0.221 e. The van der Waals surface area contributed by atoms with Crippen LogP contribution in [-0.4, -0.2) is 16.3 Å². The van der Waals surface area contributed by atoms with Gasteiger partial charge in [-0.15, -0.1) is 0 Å². The molecule has 0 N–H and O–H groups in total. The average Bonchev–Trinajstić information content (AvgIpc) is 1.82. The van der Waals surface area contributed by atoms with Crippen molar-refractivity contribution in [3.8, 4) is 0 Å². The van der Waals surface area contributed by atoms with E-state index in [0.29, 0.717) is 4.28 Å². The first-order valence-electron chi connectivity index (χ1n) is 5.78. The first kappa shape index (κ1) is 13.5. The Morgan fingerprint density at radius 1 is 0.846 bits per heavy atom. The Morgan fingerprint density at radius 3 is 1.31 bits per heavy atom. The second-order valence-corrected chi connectivity index (χ2v) is 8.00. The quantitative estimate of drug-likeness (QED) is 0.593. The molecule has 0 atom stereocenters. The molecule has 0 aliphatic rings. The standard InChI is InChI=1S/C12H25.Al.2H/c1-9(2)7-12(11(5)6)8-10(3)4;;;/h9-11H,7-8H2,1-6H3;;;. The Balaban J connectivity index is 4.34. The maximum atomic E-state index is 2.40. The molecule has 1 heteroatoms.